The van der Waals surface area contributed by atoms with E-state index in [1.165, 1.54) is 6.07 Å². The number of halogens is 1. The van der Waals surface area contributed by atoms with E-state index >= 15 is 0 Å². The Morgan fingerprint density at radius 2 is 2.08 bits per heavy atom. The number of nitrogens with one attached hydrogen (secondary N) is 1. The molecule has 0 unspecified atom stereocenters. The number of carbonyl (C=O) groups excluding carboxylic acids is 2. The fourth-order valence-electron chi connectivity index (χ4n) is 2.77. The number of ether oxygens (including phenoxy) is 1. The smallest absolute Gasteiger partial charge is 0.214 e. The highest BCUT2D eigenvalue weighted by molar-refractivity contribution is 6.28. The Labute approximate surface area is 145 Å². The van der Waals surface area contributed by atoms with Crippen LogP contribution in [0.1, 0.15) is 17.0 Å². The number of allylic oxidation sites excluding steroid dienone is 2. The van der Waals surface area contributed by atoms with Crippen LogP contribution in [-0.2, 0) is 14.3 Å². The number of aliphatic imine (C=N–C) groups is 1. The number of nitrogens with zero attached hydrogens (tertiary/aromatic N) is 2. The van der Waals surface area contributed by atoms with E-state index in [0.29, 0.717) is 23.5 Å². The van der Waals surface area contributed by atoms with Crippen molar-refractivity contribution in [2.45, 2.75) is 12.8 Å². The second-order valence-electron chi connectivity index (χ2n) is 6.42. The molecule has 1 atom stereocenters. The van der Waals surface area contributed by atoms with Gasteiger partial charge in [-0.05, 0) is 38.2 Å². The van der Waals surface area contributed by atoms with Crippen molar-refractivity contribution in [2.24, 2.45) is 4.99 Å². The molecule has 7 heteroatoms. The van der Waals surface area contributed by atoms with E-state index in [0.717, 1.165) is 6.54 Å². The van der Waals surface area contributed by atoms with E-state index in [-0.39, 0.29) is 18.1 Å². The van der Waals surface area contributed by atoms with E-state index in [1.54, 1.807) is 19.1 Å². The largest absolute Gasteiger partial charge is 0.480 e. The zero-order valence-electron chi connectivity index (χ0n) is 14.4. The van der Waals surface area contributed by atoms with Gasteiger partial charge >= 0.3 is 0 Å². The molecule has 0 spiro atoms. The summed E-state index contributed by atoms with van der Waals surface area (Å²) < 4.78 is 19.3. The van der Waals surface area contributed by atoms with Crippen molar-refractivity contribution in [1.29, 1.82) is 0 Å². The van der Waals surface area contributed by atoms with Gasteiger partial charge in [0.05, 0.1) is 6.54 Å². The minimum Gasteiger partial charge on any atom is -0.480 e. The molecule has 6 nitrogen and oxygen atoms in total. The summed E-state index contributed by atoms with van der Waals surface area (Å²) in [6, 6.07) is 4.40. The topological polar surface area (TPSA) is 71.0 Å². The maximum absolute atomic E-state index is 13.8. The van der Waals surface area contributed by atoms with Crippen LogP contribution in [0.25, 0.3) is 0 Å². The molecule has 0 aromatic heterocycles. The summed E-state index contributed by atoms with van der Waals surface area (Å²) in [5.41, 5.74) is 0.916. The minimum atomic E-state index is -1.06. The number of rotatable bonds is 4. The quantitative estimate of drug-likeness (QED) is 0.830. The van der Waals surface area contributed by atoms with Crippen LogP contribution in [0.2, 0.25) is 0 Å². The Morgan fingerprint density at radius 1 is 1.32 bits per heavy atom. The van der Waals surface area contributed by atoms with Crippen LogP contribution in [0, 0.1) is 12.7 Å². The Kier molecular flexibility index (Phi) is 4.67. The Morgan fingerprint density at radius 3 is 2.76 bits per heavy atom. The first-order chi connectivity index (χ1) is 11.9. The molecule has 1 heterocycles. The first-order valence-corrected chi connectivity index (χ1v) is 8.05. The molecule has 1 aromatic carbocycles. The van der Waals surface area contributed by atoms with E-state index in [4.69, 9.17) is 4.74 Å². The average molecular weight is 345 g/mol. The SMILES string of the molecule is Cc1ccc([C@H]2C(=O)C3=C(OCC(=NCCN(C)C)N3)C2=O)cc1F. The number of benzene rings is 1. The molecular weight excluding hydrogens is 325 g/mol. The number of ketones is 2. The molecule has 0 saturated heterocycles. The summed E-state index contributed by atoms with van der Waals surface area (Å²) >= 11 is 0. The third-order valence-electron chi connectivity index (χ3n) is 4.22. The predicted octanol–water partition coefficient (Wildman–Crippen LogP) is 1.16. The molecule has 1 aromatic rings. The van der Waals surface area contributed by atoms with Gasteiger partial charge in [-0.2, -0.15) is 0 Å². The summed E-state index contributed by atoms with van der Waals surface area (Å²) in [5.74, 6) is -1.83. The summed E-state index contributed by atoms with van der Waals surface area (Å²) in [5, 5.41) is 2.92. The molecule has 0 radical (unpaired) electrons. The van der Waals surface area contributed by atoms with Gasteiger partial charge in [0.1, 0.15) is 29.9 Å². The number of aryl methyl sites for hydroxylation is 1. The number of amidine groups is 1. The van der Waals surface area contributed by atoms with Gasteiger partial charge in [0.2, 0.25) is 5.78 Å². The fourth-order valence-corrected chi connectivity index (χ4v) is 2.77. The second-order valence-corrected chi connectivity index (χ2v) is 6.42. The fraction of sp³-hybridized carbons (Fsp3) is 0.389. The van der Waals surface area contributed by atoms with Gasteiger partial charge in [-0.1, -0.05) is 12.1 Å². The van der Waals surface area contributed by atoms with Crippen LogP contribution in [-0.4, -0.2) is 56.1 Å². The van der Waals surface area contributed by atoms with Crippen molar-refractivity contribution in [3.05, 3.63) is 46.6 Å². The van der Waals surface area contributed by atoms with Gasteiger partial charge in [0, 0.05) is 6.54 Å². The number of hydrogen-bond acceptors (Lipinski definition) is 5. The molecule has 0 amide bonds. The maximum atomic E-state index is 13.8. The highest BCUT2D eigenvalue weighted by atomic mass is 19.1. The first-order valence-electron chi connectivity index (χ1n) is 8.05. The van der Waals surface area contributed by atoms with Gasteiger partial charge in [-0.25, -0.2) is 4.39 Å². The number of hydrogen-bond donors (Lipinski definition) is 1. The molecule has 132 valence electrons. The summed E-state index contributed by atoms with van der Waals surface area (Å²) in [6.45, 7) is 3.05. The lowest BCUT2D eigenvalue weighted by Gasteiger charge is -2.18. The Balaban J connectivity index is 1.81. The first kappa shape index (κ1) is 17.3. The number of likely N-dealkylation sites (N-methyl/N-ethyl adjacent to an activating group) is 1. The molecule has 0 fully saturated rings. The third kappa shape index (κ3) is 3.32. The number of carbonyl (C=O) groups is 2. The van der Waals surface area contributed by atoms with Crippen LogP contribution >= 0.6 is 0 Å². The van der Waals surface area contributed by atoms with Gasteiger partial charge < -0.3 is 15.0 Å². The molecule has 2 aliphatic rings. The average Bonchev–Trinajstić information content (AvgIpc) is 2.81. The van der Waals surface area contributed by atoms with E-state index < -0.39 is 23.3 Å². The monoisotopic (exact) mass is 345 g/mol. The lowest BCUT2D eigenvalue weighted by molar-refractivity contribution is -0.124. The number of Topliss-reactive ketones (excluding diaryl/α,β-unsaturated/α-hetero) is 2. The Bertz CT molecular complexity index is 799. The summed E-state index contributed by atoms with van der Waals surface area (Å²) in [6.07, 6.45) is 0. The lowest BCUT2D eigenvalue weighted by atomic mass is 9.93. The third-order valence-corrected chi connectivity index (χ3v) is 4.22. The van der Waals surface area contributed by atoms with Crippen molar-refractivity contribution < 1.29 is 18.7 Å². The van der Waals surface area contributed by atoms with Crippen molar-refractivity contribution in [3.63, 3.8) is 0 Å². The lowest BCUT2D eigenvalue weighted by Crippen LogP contribution is -2.35. The molecular formula is C18H20FN3O3. The maximum Gasteiger partial charge on any atom is 0.214 e. The van der Waals surface area contributed by atoms with Gasteiger partial charge in [-0.3, -0.25) is 14.6 Å². The zero-order chi connectivity index (χ0) is 18.1. The normalized spacial score (nSPS) is 21.6. The van der Waals surface area contributed by atoms with Crippen LogP contribution in [0.4, 0.5) is 4.39 Å². The molecule has 0 saturated carbocycles. The minimum absolute atomic E-state index is 0.0162. The van der Waals surface area contributed by atoms with E-state index in [9.17, 15) is 14.0 Å². The van der Waals surface area contributed by atoms with Gasteiger partial charge in [0.25, 0.3) is 0 Å². The van der Waals surface area contributed by atoms with Crippen LogP contribution in [0.15, 0.2) is 34.6 Å². The predicted molar refractivity (Wildman–Crippen MR) is 90.9 cm³/mol. The van der Waals surface area contributed by atoms with E-state index in [1.807, 2.05) is 19.0 Å². The van der Waals surface area contributed by atoms with E-state index in [2.05, 4.69) is 10.3 Å². The second kappa shape index (κ2) is 6.76. The highest BCUT2D eigenvalue weighted by Gasteiger charge is 2.45. The van der Waals surface area contributed by atoms with Gasteiger partial charge in [-0.15, -0.1) is 0 Å². The molecule has 0 bridgehead atoms. The Hall–Kier alpha value is -2.54. The van der Waals surface area contributed by atoms with Crippen molar-refractivity contribution in [1.82, 2.24) is 10.2 Å². The van der Waals surface area contributed by atoms with Crippen LogP contribution in [0.5, 0.6) is 0 Å². The zero-order valence-corrected chi connectivity index (χ0v) is 14.4. The highest BCUT2D eigenvalue weighted by Crippen LogP contribution is 2.34. The summed E-state index contributed by atoms with van der Waals surface area (Å²) in [4.78, 5) is 31.6. The van der Waals surface area contributed by atoms with Crippen molar-refractivity contribution >= 4 is 17.4 Å². The van der Waals surface area contributed by atoms with Crippen LogP contribution in [0.3, 0.4) is 0 Å². The molecule has 1 aliphatic heterocycles. The molecule has 25 heavy (non-hydrogen) atoms. The molecule has 3 rings (SSSR count). The standard InChI is InChI=1S/C18H20FN3O3/c1-10-4-5-11(8-12(10)19)14-16(23)15-18(17(14)24)25-9-13(21-15)20-6-7-22(2)3/h4-5,8,14H,6-7,9H2,1-3H3,(H,20,21)/t14-/m0/s1. The van der Waals surface area contributed by atoms with Crippen molar-refractivity contribution in [3.8, 4) is 0 Å². The van der Waals surface area contributed by atoms with Crippen LogP contribution < -0.4 is 5.32 Å². The molecule has 1 N–H and O–H groups in total. The molecule has 1 aliphatic carbocycles. The van der Waals surface area contributed by atoms with Crippen molar-refractivity contribution in [2.75, 3.05) is 33.8 Å². The van der Waals surface area contributed by atoms with Gasteiger partial charge in [0.15, 0.2) is 11.5 Å². The summed E-state index contributed by atoms with van der Waals surface area (Å²) in [7, 11) is 3.88.